The van der Waals surface area contributed by atoms with Crippen molar-refractivity contribution in [3.05, 3.63) is 76.9 Å². The number of hydrogen-bond donors (Lipinski definition) is 0. The van der Waals surface area contributed by atoms with E-state index >= 15 is 0 Å². The molecule has 0 unspecified atom stereocenters. The van der Waals surface area contributed by atoms with Crippen LogP contribution in [0.2, 0.25) is 0 Å². The van der Waals surface area contributed by atoms with Crippen LogP contribution in [-0.2, 0) is 20.2 Å². The third-order valence-electron chi connectivity index (χ3n) is 3.24. The predicted octanol–water partition coefficient (Wildman–Crippen LogP) is 0.433. The minimum absolute atomic E-state index is 0. The standard InChI is InChI=1S/2C6H4N2O7S.Pb/c2*9-7(10)4-1-2-6(16(13,14)15)5(3-4)8(11)12;/h2*1-3H,(H,13,14,15);/q;;+2/p-2. The second kappa shape index (κ2) is 11.1. The second-order valence-electron chi connectivity index (χ2n) is 5.24. The Kier molecular flexibility index (Phi) is 10.00. The van der Waals surface area contributed by atoms with E-state index in [0.29, 0.717) is 36.4 Å². The predicted molar refractivity (Wildman–Crippen MR) is 101 cm³/mol. The van der Waals surface area contributed by atoms with Gasteiger partial charge in [0.15, 0.2) is 0 Å². The van der Waals surface area contributed by atoms with Crippen LogP contribution in [-0.4, -0.2) is 72.9 Å². The van der Waals surface area contributed by atoms with Crippen molar-refractivity contribution in [1.82, 2.24) is 0 Å². The molecule has 0 spiro atoms. The number of benzene rings is 2. The molecular weight excluding hydrogens is 695 g/mol. The first kappa shape index (κ1) is 29.8. The summed E-state index contributed by atoms with van der Waals surface area (Å²) in [4.78, 5) is 35.0. The summed E-state index contributed by atoms with van der Waals surface area (Å²) < 4.78 is 63.7. The summed E-state index contributed by atoms with van der Waals surface area (Å²) in [7, 11) is -10.1. The van der Waals surface area contributed by atoms with Gasteiger partial charge in [0.05, 0.1) is 31.8 Å². The Morgan fingerprint density at radius 2 is 0.818 bits per heavy atom. The maximum absolute atomic E-state index is 10.6. The molecule has 0 aliphatic carbocycles. The summed E-state index contributed by atoms with van der Waals surface area (Å²) in [5.41, 5.74) is -3.55. The van der Waals surface area contributed by atoms with Crippen LogP contribution < -0.4 is 0 Å². The van der Waals surface area contributed by atoms with E-state index in [1.54, 1.807) is 0 Å². The molecule has 0 aliphatic rings. The van der Waals surface area contributed by atoms with Crippen molar-refractivity contribution in [3.8, 4) is 0 Å². The monoisotopic (exact) mass is 702 g/mol. The molecule has 0 heterocycles. The minimum atomic E-state index is -5.04. The Bertz CT molecular complexity index is 1240. The third-order valence-corrected chi connectivity index (χ3v) is 5.01. The van der Waals surface area contributed by atoms with Crippen molar-refractivity contribution >= 4 is 70.3 Å². The molecule has 174 valence electrons. The number of hydrogen-bond acceptors (Lipinski definition) is 14. The van der Waals surface area contributed by atoms with Crippen LogP contribution in [0.1, 0.15) is 0 Å². The Balaban J connectivity index is 0.000000602. The minimum Gasteiger partial charge on any atom is -0.744 e. The van der Waals surface area contributed by atoms with Crippen molar-refractivity contribution in [2.75, 3.05) is 0 Å². The Hall–Kier alpha value is -3.22. The Morgan fingerprint density at radius 3 is 1.00 bits per heavy atom. The summed E-state index contributed by atoms with van der Waals surface area (Å²) in [5.74, 6) is 0. The first-order chi connectivity index (χ1) is 14.5. The van der Waals surface area contributed by atoms with Gasteiger partial charge in [0, 0.05) is 12.1 Å². The van der Waals surface area contributed by atoms with Crippen LogP contribution in [0, 0.1) is 40.5 Å². The van der Waals surface area contributed by atoms with E-state index in [1.165, 1.54) is 0 Å². The summed E-state index contributed by atoms with van der Waals surface area (Å²) in [6.07, 6.45) is 0. The molecule has 0 N–H and O–H groups in total. The van der Waals surface area contributed by atoms with Gasteiger partial charge in [-0.05, 0) is 12.1 Å². The quantitative estimate of drug-likeness (QED) is 0.171. The van der Waals surface area contributed by atoms with Gasteiger partial charge in [0.2, 0.25) is 0 Å². The van der Waals surface area contributed by atoms with E-state index in [2.05, 4.69) is 0 Å². The molecule has 2 radical (unpaired) electrons. The number of rotatable bonds is 6. The van der Waals surface area contributed by atoms with Gasteiger partial charge >= 0.3 is 27.3 Å². The zero-order valence-electron chi connectivity index (χ0n) is 15.3. The van der Waals surface area contributed by atoms with Crippen molar-refractivity contribution in [1.29, 1.82) is 0 Å². The molecule has 0 saturated heterocycles. The summed E-state index contributed by atoms with van der Waals surface area (Å²) in [6.45, 7) is 0. The topological polar surface area (TPSA) is 287 Å². The van der Waals surface area contributed by atoms with E-state index in [-0.39, 0.29) is 27.3 Å². The van der Waals surface area contributed by atoms with Crippen LogP contribution >= 0.6 is 0 Å². The molecule has 33 heavy (non-hydrogen) atoms. The van der Waals surface area contributed by atoms with Crippen molar-refractivity contribution in [2.45, 2.75) is 9.79 Å². The molecule has 2 aromatic carbocycles. The third kappa shape index (κ3) is 8.01. The molecule has 0 aliphatic heterocycles. The van der Waals surface area contributed by atoms with E-state index in [4.69, 9.17) is 0 Å². The summed E-state index contributed by atoms with van der Waals surface area (Å²) in [5, 5.41) is 41.4. The van der Waals surface area contributed by atoms with Gasteiger partial charge in [-0.1, -0.05) is 0 Å². The fourth-order valence-electron chi connectivity index (χ4n) is 1.95. The average molecular weight is 702 g/mol. The first-order valence-electron chi connectivity index (χ1n) is 7.24. The van der Waals surface area contributed by atoms with Gasteiger partial charge in [-0.3, -0.25) is 40.5 Å². The van der Waals surface area contributed by atoms with Gasteiger partial charge in [0.1, 0.15) is 30.0 Å². The number of nitro benzene ring substituents is 4. The fraction of sp³-hybridized carbons (Fsp3) is 0. The maximum Gasteiger partial charge on any atom is 2.00 e. The molecule has 0 aromatic heterocycles. The smallest absolute Gasteiger partial charge is 0.744 e. The van der Waals surface area contributed by atoms with Crippen LogP contribution in [0.4, 0.5) is 22.7 Å². The Labute approximate surface area is 202 Å². The van der Waals surface area contributed by atoms with Crippen molar-refractivity contribution in [2.24, 2.45) is 0 Å². The van der Waals surface area contributed by atoms with Crippen molar-refractivity contribution < 1.29 is 45.6 Å². The zero-order valence-corrected chi connectivity index (χ0v) is 20.8. The van der Waals surface area contributed by atoms with Crippen LogP contribution in [0.3, 0.4) is 0 Å². The fourth-order valence-corrected chi connectivity index (χ4v) is 3.20. The molecular formula is C12H6N4O14PbS2. The number of non-ortho nitro benzene ring substituents is 2. The van der Waals surface area contributed by atoms with E-state index < -0.39 is 72.5 Å². The summed E-state index contributed by atoms with van der Waals surface area (Å²) in [6, 6.07) is 3.34. The van der Waals surface area contributed by atoms with Crippen LogP contribution in [0.15, 0.2) is 46.2 Å². The van der Waals surface area contributed by atoms with Gasteiger partial charge in [0.25, 0.3) is 22.7 Å². The van der Waals surface area contributed by atoms with Gasteiger partial charge in [-0.25, -0.2) is 16.8 Å². The van der Waals surface area contributed by atoms with Crippen LogP contribution in [0.5, 0.6) is 0 Å². The molecule has 0 bridgehead atoms. The van der Waals surface area contributed by atoms with Crippen LogP contribution in [0.25, 0.3) is 0 Å². The molecule has 2 rings (SSSR count). The normalized spacial score (nSPS) is 10.7. The van der Waals surface area contributed by atoms with Gasteiger partial charge in [-0.15, -0.1) is 0 Å². The van der Waals surface area contributed by atoms with E-state index in [1.807, 2.05) is 0 Å². The van der Waals surface area contributed by atoms with Crippen molar-refractivity contribution in [3.63, 3.8) is 0 Å². The van der Waals surface area contributed by atoms with E-state index in [9.17, 15) is 66.4 Å². The second-order valence-corrected chi connectivity index (χ2v) is 7.94. The first-order valence-corrected chi connectivity index (χ1v) is 10.1. The molecule has 2 aromatic rings. The molecule has 0 atom stereocenters. The van der Waals surface area contributed by atoms with Gasteiger partial charge in [-0.2, -0.15) is 0 Å². The summed E-state index contributed by atoms with van der Waals surface area (Å²) >= 11 is 0. The SMILES string of the molecule is O=[N+]([O-])c1ccc(S(=O)(=O)[O-])c([N+](=O)[O-])c1.O=[N+]([O-])c1ccc(S(=O)(=O)[O-])c([N+](=O)[O-])c1.[Pb+2]. The molecule has 0 amide bonds. The molecule has 0 saturated carbocycles. The average Bonchev–Trinajstić information content (AvgIpc) is 2.65. The molecule has 18 nitrogen and oxygen atoms in total. The van der Waals surface area contributed by atoms with E-state index in [0.717, 1.165) is 0 Å². The van der Waals surface area contributed by atoms with Gasteiger partial charge < -0.3 is 9.11 Å². The maximum atomic E-state index is 10.6. The largest absolute Gasteiger partial charge is 2.00 e. The zero-order chi connectivity index (χ0) is 25.0. The number of nitrogens with zero attached hydrogens (tertiary/aromatic N) is 4. The Morgan fingerprint density at radius 1 is 0.545 bits per heavy atom. The number of nitro groups is 4. The molecule has 0 fully saturated rings. The molecule has 21 heteroatoms.